The number of nitro groups is 1. The van der Waals surface area contributed by atoms with E-state index in [1.807, 2.05) is 6.92 Å². The molecule has 1 N–H and O–H groups in total. The number of aryl methyl sites for hydroxylation is 1. The number of nitrogens with zero attached hydrogens (tertiary/aromatic N) is 4. The molecule has 0 aliphatic heterocycles. The zero-order valence-electron chi connectivity index (χ0n) is 16.1. The first-order chi connectivity index (χ1) is 14.0. The molecule has 10 heteroatoms. The lowest BCUT2D eigenvalue weighted by molar-refractivity contribution is -0.385. The van der Waals surface area contributed by atoms with Gasteiger partial charge in [-0.2, -0.15) is 14.9 Å². The maximum atomic E-state index is 11.3. The Morgan fingerprint density at radius 2 is 2.00 bits per heavy atom. The molecule has 0 atom stereocenters. The van der Waals surface area contributed by atoms with Crippen LogP contribution in [0.2, 0.25) is 0 Å². The van der Waals surface area contributed by atoms with Crippen molar-refractivity contribution in [1.29, 1.82) is 0 Å². The number of hydrogen-bond acceptors (Lipinski definition) is 7. The molecule has 2 aromatic carbocycles. The minimum absolute atomic E-state index is 0.0624. The van der Waals surface area contributed by atoms with Crippen LogP contribution in [0.4, 0.5) is 5.69 Å². The number of nitrogens with one attached hydrogen (secondary N) is 1. The van der Waals surface area contributed by atoms with Crippen LogP contribution in [-0.4, -0.2) is 40.2 Å². The van der Waals surface area contributed by atoms with E-state index in [4.69, 9.17) is 21.7 Å². The molecule has 0 saturated carbocycles. The first-order valence-electron chi connectivity index (χ1n) is 8.70. The molecule has 1 aromatic heterocycles. The van der Waals surface area contributed by atoms with E-state index in [0.29, 0.717) is 40.4 Å². The van der Waals surface area contributed by atoms with Gasteiger partial charge in [-0.05, 0) is 36.8 Å². The number of aromatic amines is 1. The van der Waals surface area contributed by atoms with E-state index >= 15 is 0 Å². The standard InChI is InChI=1S/C19H19N5O4S/c1-4-13-6-5-12(9-15(13)24(25)26)11-20-23-18(21-22-19(23)29)14-7-8-16(27-2)17(10-14)28-3/h5-11H,4H2,1-3H3,(H,22,29)/b20-11-. The van der Waals surface area contributed by atoms with Crippen molar-refractivity contribution in [2.24, 2.45) is 5.10 Å². The van der Waals surface area contributed by atoms with Gasteiger partial charge in [0.1, 0.15) is 0 Å². The summed E-state index contributed by atoms with van der Waals surface area (Å²) >= 11 is 5.27. The van der Waals surface area contributed by atoms with Crippen LogP contribution in [-0.2, 0) is 6.42 Å². The molecule has 0 amide bonds. The Morgan fingerprint density at radius 1 is 1.24 bits per heavy atom. The fraction of sp³-hybridized carbons (Fsp3) is 0.211. The van der Waals surface area contributed by atoms with E-state index in [1.165, 1.54) is 17.0 Å². The summed E-state index contributed by atoms with van der Waals surface area (Å²) in [5, 5.41) is 22.6. The van der Waals surface area contributed by atoms with Crippen molar-refractivity contribution in [2.45, 2.75) is 13.3 Å². The van der Waals surface area contributed by atoms with Gasteiger partial charge < -0.3 is 9.47 Å². The third-order valence-corrected chi connectivity index (χ3v) is 4.57. The summed E-state index contributed by atoms with van der Waals surface area (Å²) in [4.78, 5) is 10.9. The summed E-state index contributed by atoms with van der Waals surface area (Å²) in [5.41, 5.74) is 2.01. The van der Waals surface area contributed by atoms with Crippen LogP contribution in [0.5, 0.6) is 11.5 Å². The van der Waals surface area contributed by atoms with Gasteiger partial charge in [-0.1, -0.05) is 19.1 Å². The maximum Gasteiger partial charge on any atom is 0.273 e. The van der Waals surface area contributed by atoms with Crippen LogP contribution in [0.15, 0.2) is 41.5 Å². The predicted octanol–water partition coefficient (Wildman–Crippen LogP) is 3.98. The number of ether oxygens (including phenoxy) is 2. The Hall–Kier alpha value is -3.53. The van der Waals surface area contributed by atoms with Crippen molar-refractivity contribution < 1.29 is 14.4 Å². The SMILES string of the molecule is CCc1ccc(/C=N\n2c(-c3ccc(OC)c(OC)c3)n[nH]c2=S)cc1[N+](=O)[O-]. The number of H-pyrrole nitrogens is 1. The van der Waals surface area contributed by atoms with Gasteiger partial charge in [0.25, 0.3) is 5.69 Å². The molecule has 0 spiro atoms. The number of benzene rings is 2. The number of rotatable bonds is 7. The molecule has 29 heavy (non-hydrogen) atoms. The topological polar surface area (TPSA) is 108 Å². The molecule has 0 aliphatic rings. The highest BCUT2D eigenvalue weighted by atomic mass is 32.1. The monoisotopic (exact) mass is 413 g/mol. The average molecular weight is 413 g/mol. The normalized spacial score (nSPS) is 11.0. The summed E-state index contributed by atoms with van der Waals surface area (Å²) < 4.78 is 12.3. The van der Waals surface area contributed by atoms with Gasteiger partial charge in [0.05, 0.1) is 25.4 Å². The molecule has 3 rings (SSSR count). The summed E-state index contributed by atoms with van der Waals surface area (Å²) in [7, 11) is 3.10. The zero-order chi connectivity index (χ0) is 21.0. The quantitative estimate of drug-likeness (QED) is 0.272. The fourth-order valence-electron chi connectivity index (χ4n) is 2.82. The van der Waals surface area contributed by atoms with Crippen molar-refractivity contribution in [2.75, 3.05) is 14.2 Å². The van der Waals surface area contributed by atoms with Gasteiger partial charge in [-0.25, -0.2) is 5.10 Å². The van der Waals surface area contributed by atoms with Crippen molar-refractivity contribution in [1.82, 2.24) is 14.9 Å². The molecule has 0 radical (unpaired) electrons. The van der Waals surface area contributed by atoms with Gasteiger partial charge in [0, 0.05) is 22.8 Å². The smallest absolute Gasteiger partial charge is 0.273 e. The van der Waals surface area contributed by atoms with Gasteiger partial charge in [-0.15, -0.1) is 0 Å². The van der Waals surface area contributed by atoms with Gasteiger partial charge in [0.2, 0.25) is 4.77 Å². The van der Waals surface area contributed by atoms with E-state index in [9.17, 15) is 10.1 Å². The first-order valence-corrected chi connectivity index (χ1v) is 9.10. The van der Waals surface area contributed by atoms with Gasteiger partial charge in [-0.3, -0.25) is 10.1 Å². The van der Waals surface area contributed by atoms with Gasteiger partial charge >= 0.3 is 0 Å². The van der Waals surface area contributed by atoms with Crippen LogP contribution < -0.4 is 9.47 Å². The van der Waals surface area contributed by atoms with E-state index in [1.54, 1.807) is 44.6 Å². The van der Waals surface area contributed by atoms with Crippen LogP contribution >= 0.6 is 12.2 Å². The Kier molecular flexibility index (Phi) is 6.03. The zero-order valence-corrected chi connectivity index (χ0v) is 16.9. The highest BCUT2D eigenvalue weighted by Gasteiger charge is 2.14. The molecule has 3 aromatic rings. The number of hydrogen-bond donors (Lipinski definition) is 1. The third-order valence-electron chi connectivity index (χ3n) is 4.30. The third kappa shape index (κ3) is 4.16. The average Bonchev–Trinajstić information content (AvgIpc) is 3.11. The lowest BCUT2D eigenvalue weighted by Gasteiger charge is -2.09. The van der Waals surface area contributed by atoms with Gasteiger partial charge in [0.15, 0.2) is 17.3 Å². The molecule has 0 fully saturated rings. The maximum absolute atomic E-state index is 11.3. The molecule has 0 bridgehead atoms. The molecule has 0 unspecified atom stereocenters. The predicted molar refractivity (Wildman–Crippen MR) is 111 cm³/mol. The molecule has 150 valence electrons. The molecular formula is C19H19N5O4S. The number of aromatic nitrogens is 3. The van der Waals surface area contributed by atoms with Crippen LogP contribution in [0, 0.1) is 14.9 Å². The van der Waals surface area contributed by atoms with Crippen LogP contribution in [0.3, 0.4) is 0 Å². The number of methoxy groups -OCH3 is 2. The summed E-state index contributed by atoms with van der Waals surface area (Å²) in [6, 6.07) is 10.3. The lowest BCUT2D eigenvalue weighted by Crippen LogP contribution is -1.98. The highest BCUT2D eigenvalue weighted by molar-refractivity contribution is 7.71. The minimum Gasteiger partial charge on any atom is -0.493 e. The molecule has 1 heterocycles. The van der Waals surface area contributed by atoms with Crippen molar-refractivity contribution in [3.05, 3.63) is 62.4 Å². The van der Waals surface area contributed by atoms with Crippen molar-refractivity contribution in [3.8, 4) is 22.9 Å². The van der Waals surface area contributed by atoms with Crippen molar-refractivity contribution in [3.63, 3.8) is 0 Å². The fourth-order valence-corrected chi connectivity index (χ4v) is 2.99. The van der Waals surface area contributed by atoms with E-state index < -0.39 is 4.92 Å². The summed E-state index contributed by atoms with van der Waals surface area (Å²) in [6.07, 6.45) is 2.08. The Labute approximate surface area is 171 Å². The molecular weight excluding hydrogens is 394 g/mol. The molecule has 0 saturated heterocycles. The first kappa shape index (κ1) is 20.2. The summed E-state index contributed by atoms with van der Waals surface area (Å²) in [6.45, 7) is 1.87. The van der Waals surface area contributed by atoms with Crippen molar-refractivity contribution >= 4 is 24.1 Å². The second kappa shape index (κ2) is 8.65. The minimum atomic E-state index is -0.394. The Bertz CT molecular complexity index is 1140. The summed E-state index contributed by atoms with van der Waals surface area (Å²) in [5.74, 6) is 1.59. The van der Waals surface area contributed by atoms with Crippen LogP contribution in [0.25, 0.3) is 11.4 Å². The lowest BCUT2D eigenvalue weighted by atomic mass is 10.1. The highest BCUT2D eigenvalue weighted by Crippen LogP contribution is 2.31. The second-order valence-corrected chi connectivity index (χ2v) is 6.36. The molecule has 9 nitrogen and oxygen atoms in total. The molecule has 0 aliphatic carbocycles. The van der Waals surface area contributed by atoms with E-state index in [2.05, 4.69) is 15.3 Å². The Morgan fingerprint density at radius 3 is 2.66 bits per heavy atom. The largest absolute Gasteiger partial charge is 0.493 e. The van der Waals surface area contributed by atoms with Crippen LogP contribution in [0.1, 0.15) is 18.1 Å². The van der Waals surface area contributed by atoms with E-state index in [0.717, 1.165) is 0 Å². The number of nitro benzene ring substituents is 1. The second-order valence-electron chi connectivity index (χ2n) is 5.98. The Balaban J connectivity index is 2.00. The van der Waals surface area contributed by atoms with E-state index in [-0.39, 0.29) is 10.5 Å².